The summed E-state index contributed by atoms with van der Waals surface area (Å²) in [7, 11) is 0.972. The summed E-state index contributed by atoms with van der Waals surface area (Å²) in [5.41, 5.74) is 0. The van der Waals surface area contributed by atoms with E-state index in [-0.39, 0.29) is 40.6 Å². The average Bonchev–Trinajstić information content (AvgIpc) is 1.35. The Kier molecular flexibility index (Phi) is 7.09. The van der Waals surface area contributed by atoms with Crippen molar-refractivity contribution >= 4 is 52.3 Å². The number of hydrogen-bond acceptors (Lipinski definition) is 2. The van der Waals surface area contributed by atoms with E-state index in [1.807, 2.05) is 0 Å². The molecule has 42 valence electrons. The zero-order chi connectivity index (χ0) is 5.21. The molecule has 0 spiro atoms. The molecule has 0 saturated heterocycles. The van der Waals surface area contributed by atoms with E-state index in [1.165, 1.54) is 0 Å². The van der Waals surface area contributed by atoms with Crippen molar-refractivity contribution in [2.45, 2.75) is 0 Å². The quantitative estimate of drug-likeness (QED) is 0.494. The first-order valence-electron chi connectivity index (χ1n) is 1.17. The van der Waals surface area contributed by atoms with Gasteiger partial charge in [-0.15, -0.1) is 0 Å². The third kappa shape index (κ3) is 11.2. The van der Waals surface area contributed by atoms with Gasteiger partial charge in [-0.2, -0.15) is 0 Å². The summed E-state index contributed by atoms with van der Waals surface area (Å²) in [5.74, 6) is 0. The molecule has 0 bridgehead atoms. The standard InChI is InChI=1S/CH5AsO4.Ca.2H/c1-6-2(3,4)5;;;/h1H3,(H2,3,4,5);;;/q;+2;2*-1. The third-order valence-corrected chi connectivity index (χ3v) is 1.24. The molecule has 0 fully saturated rings. The fourth-order valence-corrected chi connectivity index (χ4v) is 0. The molecule has 4 nitrogen and oxygen atoms in total. The van der Waals surface area contributed by atoms with Gasteiger partial charge in [-0.25, -0.2) is 0 Å². The number of hydrogen-bond donors (Lipinski definition) is 2. The van der Waals surface area contributed by atoms with Gasteiger partial charge in [-0.05, 0) is 0 Å². The van der Waals surface area contributed by atoms with E-state index in [9.17, 15) is 3.74 Å². The third-order valence-electron chi connectivity index (χ3n) is 0.238. The minimum absolute atomic E-state index is 0. The molecule has 6 heteroatoms. The van der Waals surface area contributed by atoms with E-state index in [2.05, 4.69) is 3.73 Å². The van der Waals surface area contributed by atoms with Crippen LogP contribution >= 0.6 is 0 Å². The normalized spacial score (nSPS) is 10.1. The van der Waals surface area contributed by atoms with Gasteiger partial charge in [0.15, 0.2) is 0 Å². The van der Waals surface area contributed by atoms with E-state index in [1.54, 1.807) is 0 Å². The van der Waals surface area contributed by atoms with E-state index in [4.69, 9.17) is 8.19 Å². The number of rotatable bonds is 1. The first-order chi connectivity index (χ1) is 2.56. The van der Waals surface area contributed by atoms with Gasteiger partial charge >= 0.3 is 75.0 Å². The van der Waals surface area contributed by atoms with Crippen molar-refractivity contribution in [2.75, 3.05) is 7.11 Å². The fourth-order valence-electron chi connectivity index (χ4n) is 0. The summed E-state index contributed by atoms with van der Waals surface area (Å²) in [4.78, 5) is 0. The maximum atomic E-state index is 9.53. The largest absolute Gasteiger partial charge is 2.00 e. The van der Waals surface area contributed by atoms with Crippen LogP contribution in [0.1, 0.15) is 2.85 Å². The van der Waals surface area contributed by atoms with Crippen LogP contribution in [-0.4, -0.2) is 67.6 Å². The molecule has 0 atom stereocenters. The van der Waals surface area contributed by atoms with Crippen LogP contribution in [0, 0.1) is 0 Å². The Labute approximate surface area is 77.2 Å². The van der Waals surface area contributed by atoms with Crippen molar-refractivity contribution in [2.24, 2.45) is 0 Å². The molecule has 0 heterocycles. The SMILES string of the molecule is CO[As](=O)(O)O.[Ca+2].[H-].[H-]. The predicted octanol–water partition coefficient (Wildman–Crippen LogP) is -1.67. The van der Waals surface area contributed by atoms with Crippen LogP contribution in [0.3, 0.4) is 0 Å². The fraction of sp³-hybridized carbons (Fsp3) is 1.00. The molecule has 0 rings (SSSR count). The van der Waals surface area contributed by atoms with Crippen LogP contribution in [-0.2, 0) is 7.47 Å². The molecule has 0 radical (unpaired) electrons. The summed E-state index contributed by atoms with van der Waals surface area (Å²) in [5, 5.41) is 0. The van der Waals surface area contributed by atoms with Crippen molar-refractivity contribution in [1.29, 1.82) is 0 Å². The molecular formula is CH7AsCaO4. The second-order valence-electron chi connectivity index (χ2n) is 0.673. The zero-order valence-electron chi connectivity index (χ0n) is 5.87. The molecule has 0 aromatic carbocycles. The van der Waals surface area contributed by atoms with Gasteiger partial charge in [-0.3, -0.25) is 0 Å². The maximum Gasteiger partial charge on any atom is 2.00 e. The molecule has 0 unspecified atom stereocenters. The van der Waals surface area contributed by atoms with Gasteiger partial charge in [0.1, 0.15) is 0 Å². The Morgan fingerprint density at radius 3 is 1.86 bits per heavy atom. The smallest absolute Gasteiger partial charge is 1.00 e. The molecular weight excluding hydrogens is 191 g/mol. The van der Waals surface area contributed by atoms with Crippen molar-refractivity contribution in [3.05, 3.63) is 0 Å². The second-order valence-corrected chi connectivity index (χ2v) is 3.50. The van der Waals surface area contributed by atoms with Gasteiger partial charge in [0, 0.05) is 0 Å². The minimum Gasteiger partial charge on any atom is -1.00 e. The molecule has 0 amide bonds. The van der Waals surface area contributed by atoms with Crippen LogP contribution < -0.4 is 0 Å². The van der Waals surface area contributed by atoms with Crippen LogP contribution in [0.15, 0.2) is 0 Å². The molecule has 0 saturated carbocycles. The Morgan fingerprint density at radius 2 is 1.86 bits per heavy atom. The monoisotopic (exact) mass is 198 g/mol. The predicted molar refractivity (Wildman–Crippen MR) is 25.9 cm³/mol. The van der Waals surface area contributed by atoms with Crippen LogP contribution in [0.5, 0.6) is 0 Å². The van der Waals surface area contributed by atoms with Gasteiger partial charge in [-0.1, -0.05) is 0 Å². The molecule has 0 aliphatic rings. The Balaban J connectivity index is -0.0000000417. The van der Waals surface area contributed by atoms with E-state index in [0.29, 0.717) is 0 Å². The van der Waals surface area contributed by atoms with Crippen molar-refractivity contribution < 1.29 is 18.5 Å². The first-order valence-corrected chi connectivity index (χ1v) is 4.38. The molecule has 7 heavy (non-hydrogen) atoms. The van der Waals surface area contributed by atoms with Gasteiger partial charge in [0.25, 0.3) is 0 Å². The molecule has 2 N–H and O–H groups in total. The van der Waals surface area contributed by atoms with E-state index >= 15 is 0 Å². The van der Waals surface area contributed by atoms with Crippen LogP contribution in [0.4, 0.5) is 0 Å². The van der Waals surface area contributed by atoms with Crippen molar-refractivity contribution in [3.63, 3.8) is 0 Å². The summed E-state index contributed by atoms with van der Waals surface area (Å²) < 4.78 is 28.8. The Hall–Kier alpha value is 1.50. The summed E-state index contributed by atoms with van der Waals surface area (Å²) >= 11 is -4.66. The van der Waals surface area contributed by atoms with Crippen LogP contribution in [0.2, 0.25) is 0 Å². The molecule has 0 aromatic rings. The molecule has 0 aliphatic heterocycles. The topological polar surface area (TPSA) is 66.8 Å². The maximum absolute atomic E-state index is 9.53. The summed E-state index contributed by atoms with van der Waals surface area (Å²) in [6, 6.07) is 0. The Bertz CT molecular complexity index is 82.6. The van der Waals surface area contributed by atoms with E-state index < -0.39 is 14.5 Å². The summed E-state index contributed by atoms with van der Waals surface area (Å²) in [6.45, 7) is 0. The average molecular weight is 198 g/mol. The zero-order valence-corrected chi connectivity index (χ0v) is 7.95. The second kappa shape index (κ2) is 4.38. The van der Waals surface area contributed by atoms with Crippen molar-refractivity contribution in [3.8, 4) is 0 Å². The molecule has 0 aromatic heterocycles. The van der Waals surface area contributed by atoms with Crippen LogP contribution in [0.25, 0.3) is 0 Å². The van der Waals surface area contributed by atoms with Gasteiger partial charge in [0.05, 0.1) is 0 Å². The van der Waals surface area contributed by atoms with Gasteiger partial charge < -0.3 is 2.85 Å². The molecule has 0 aliphatic carbocycles. The van der Waals surface area contributed by atoms with Crippen molar-refractivity contribution in [1.82, 2.24) is 0 Å². The minimum atomic E-state index is -4.66. The Morgan fingerprint density at radius 1 is 1.71 bits per heavy atom. The van der Waals surface area contributed by atoms with Gasteiger partial charge in [0.2, 0.25) is 0 Å². The first kappa shape index (κ1) is 11.3. The summed E-state index contributed by atoms with van der Waals surface area (Å²) in [6.07, 6.45) is 0. The van der Waals surface area contributed by atoms with E-state index in [0.717, 1.165) is 7.11 Å².